The lowest BCUT2D eigenvalue weighted by Crippen LogP contribution is -2.34. The van der Waals surface area contributed by atoms with E-state index in [0.29, 0.717) is 12.1 Å². The molecule has 0 spiro atoms. The first-order valence-electron chi connectivity index (χ1n) is 8.04. The summed E-state index contributed by atoms with van der Waals surface area (Å²) in [5.41, 5.74) is 4.08. The molecule has 2 aliphatic rings. The Morgan fingerprint density at radius 2 is 2.16 bits per heavy atom. The highest BCUT2D eigenvalue weighted by atomic mass is 16.6. The molecule has 0 saturated carbocycles. The quantitative estimate of drug-likeness (QED) is 0.881. The van der Waals surface area contributed by atoms with E-state index in [0.717, 1.165) is 22.4 Å². The van der Waals surface area contributed by atoms with Gasteiger partial charge in [0.15, 0.2) is 0 Å². The van der Waals surface area contributed by atoms with Crippen LogP contribution in [0, 0.1) is 0 Å². The minimum Gasteiger partial charge on any atom is -0.441 e. The number of carbonyl (C=O) groups excluding carboxylic acids is 2. The molecule has 0 bridgehead atoms. The third-order valence-corrected chi connectivity index (χ3v) is 4.71. The first-order valence-corrected chi connectivity index (χ1v) is 8.04. The second-order valence-corrected chi connectivity index (χ2v) is 6.10. The number of aromatic nitrogens is 1. The number of aliphatic hydroxyl groups is 1. The SMILES string of the molecule is CNC(=O)c1ccc(-c2ccc3c(c2)CC2C(CO)OC(=O)N32)cn1. The van der Waals surface area contributed by atoms with E-state index in [1.165, 1.54) is 0 Å². The summed E-state index contributed by atoms with van der Waals surface area (Å²) in [6.45, 7) is -0.182. The van der Waals surface area contributed by atoms with Gasteiger partial charge in [-0.05, 0) is 35.7 Å². The van der Waals surface area contributed by atoms with Crippen LogP contribution in [-0.4, -0.2) is 47.9 Å². The lowest BCUT2D eigenvalue weighted by molar-refractivity contribution is 0.0830. The van der Waals surface area contributed by atoms with Crippen molar-refractivity contribution in [2.24, 2.45) is 0 Å². The number of nitrogens with one attached hydrogen (secondary N) is 1. The molecule has 25 heavy (non-hydrogen) atoms. The topological polar surface area (TPSA) is 91.8 Å². The number of carbonyl (C=O) groups is 2. The number of ether oxygens (including phenoxy) is 1. The average Bonchev–Trinajstić information content (AvgIpc) is 3.17. The predicted molar refractivity (Wildman–Crippen MR) is 90.4 cm³/mol. The number of aliphatic hydroxyl groups excluding tert-OH is 1. The largest absolute Gasteiger partial charge is 0.441 e. The van der Waals surface area contributed by atoms with Crippen molar-refractivity contribution < 1.29 is 19.4 Å². The molecule has 1 aromatic carbocycles. The molecule has 3 heterocycles. The molecular weight excluding hydrogens is 322 g/mol. The molecule has 2 N–H and O–H groups in total. The molecule has 1 fully saturated rings. The summed E-state index contributed by atoms with van der Waals surface area (Å²) in [6.07, 6.45) is 1.40. The van der Waals surface area contributed by atoms with E-state index in [1.54, 1.807) is 24.2 Å². The van der Waals surface area contributed by atoms with Gasteiger partial charge in [-0.1, -0.05) is 12.1 Å². The number of anilines is 1. The van der Waals surface area contributed by atoms with Crippen LogP contribution in [0.1, 0.15) is 16.1 Å². The van der Waals surface area contributed by atoms with E-state index in [4.69, 9.17) is 4.74 Å². The number of pyridine rings is 1. The molecule has 128 valence electrons. The van der Waals surface area contributed by atoms with Gasteiger partial charge in [-0.25, -0.2) is 4.79 Å². The third-order valence-electron chi connectivity index (χ3n) is 4.71. The normalized spacial score (nSPS) is 20.9. The van der Waals surface area contributed by atoms with Gasteiger partial charge in [0, 0.05) is 18.8 Å². The maximum absolute atomic E-state index is 12.0. The van der Waals surface area contributed by atoms with E-state index in [-0.39, 0.29) is 18.6 Å². The summed E-state index contributed by atoms with van der Waals surface area (Å²) in [5, 5.41) is 11.9. The zero-order valence-electron chi connectivity index (χ0n) is 13.6. The Morgan fingerprint density at radius 3 is 2.84 bits per heavy atom. The standard InChI is InChI=1S/C18H17N3O4/c1-19-17(23)13-4-2-11(8-20-13)10-3-5-14-12(6-10)7-15-16(9-22)25-18(24)21(14)15/h2-6,8,15-16,22H,7,9H2,1H3,(H,19,23). The number of hydrogen-bond acceptors (Lipinski definition) is 5. The van der Waals surface area contributed by atoms with E-state index in [9.17, 15) is 14.7 Å². The van der Waals surface area contributed by atoms with Crippen molar-refractivity contribution in [3.8, 4) is 11.1 Å². The zero-order valence-corrected chi connectivity index (χ0v) is 13.6. The van der Waals surface area contributed by atoms with E-state index in [1.807, 2.05) is 24.3 Å². The monoisotopic (exact) mass is 339 g/mol. The lowest BCUT2D eigenvalue weighted by atomic mass is 10.0. The van der Waals surface area contributed by atoms with Crippen LogP contribution < -0.4 is 10.2 Å². The van der Waals surface area contributed by atoms with Gasteiger partial charge in [-0.15, -0.1) is 0 Å². The van der Waals surface area contributed by atoms with Crippen molar-refractivity contribution in [2.45, 2.75) is 18.6 Å². The molecule has 4 rings (SSSR count). The number of rotatable bonds is 3. The Kier molecular flexibility index (Phi) is 3.65. The highest BCUT2D eigenvalue weighted by molar-refractivity contribution is 5.94. The van der Waals surface area contributed by atoms with Gasteiger partial charge in [0.1, 0.15) is 11.8 Å². The van der Waals surface area contributed by atoms with Gasteiger partial charge in [-0.2, -0.15) is 0 Å². The van der Waals surface area contributed by atoms with E-state index in [2.05, 4.69) is 10.3 Å². The highest BCUT2D eigenvalue weighted by Gasteiger charge is 2.47. The summed E-state index contributed by atoms with van der Waals surface area (Å²) in [7, 11) is 1.56. The summed E-state index contributed by atoms with van der Waals surface area (Å²) < 4.78 is 5.18. The maximum atomic E-state index is 12.0. The van der Waals surface area contributed by atoms with Gasteiger partial charge < -0.3 is 15.2 Å². The van der Waals surface area contributed by atoms with E-state index < -0.39 is 12.2 Å². The second kappa shape index (κ2) is 5.86. The fraction of sp³-hybridized carbons (Fsp3) is 0.278. The van der Waals surface area contributed by atoms with Gasteiger partial charge in [-0.3, -0.25) is 14.7 Å². The predicted octanol–water partition coefficient (Wildman–Crippen LogP) is 1.35. The fourth-order valence-electron chi connectivity index (χ4n) is 3.44. The molecule has 0 radical (unpaired) electrons. The Hall–Kier alpha value is -2.93. The molecule has 2 amide bonds. The Balaban J connectivity index is 1.64. The molecule has 2 atom stereocenters. The maximum Gasteiger partial charge on any atom is 0.415 e. The van der Waals surface area contributed by atoms with Crippen LogP contribution >= 0.6 is 0 Å². The summed E-state index contributed by atoms with van der Waals surface area (Å²) in [4.78, 5) is 29.4. The minimum atomic E-state index is -0.489. The first-order chi connectivity index (χ1) is 12.1. The van der Waals surface area contributed by atoms with Crippen molar-refractivity contribution in [1.29, 1.82) is 0 Å². The van der Waals surface area contributed by atoms with Crippen molar-refractivity contribution in [3.63, 3.8) is 0 Å². The molecular formula is C18H17N3O4. The molecule has 0 aliphatic carbocycles. The third kappa shape index (κ3) is 2.44. The number of cyclic esters (lactones) is 1. The number of fused-ring (bicyclic) bond motifs is 3. The average molecular weight is 339 g/mol. The summed E-state index contributed by atoms with van der Waals surface area (Å²) in [5.74, 6) is -0.227. The van der Waals surface area contributed by atoms with Gasteiger partial charge >= 0.3 is 6.09 Å². The van der Waals surface area contributed by atoms with Gasteiger partial charge in [0.25, 0.3) is 5.91 Å². The summed E-state index contributed by atoms with van der Waals surface area (Å²) >= 11 is 0. The molecule has 7 nitrogen and oxygen atoms in total. The Bertz CT molecular complexity index is 850. The summed E-state index contributed by atoms with van der Waals surface area (Å²) in [6, 6.07) is 9.19. The van der Waals surface area contributed by atoms with Crippen LogP contribution in [-0.2, 0) is 11.2 Å². The number of amides is 2. The van der Waals surface area contributed by atoms with Crippen LogP contribution in [0.15, 0.2) is 36.5 Å². The van der Waals surface area contributed by atoms with Crippen molar-refractivity contribution in [1.82, 2.24) is 10.3 Å². The fourth-order valence-corrected chi connectivity index (χ4v) is 3.44. The second-order valence-electron chi connectivity index (χ2n) is 6.10. The van der Waals surface area contributed by atoms with Crippen LogP contribution in [0.25, 0.3) is 11.1 Å². The Morgan fingerprint density at radius 1 is 1.36 bits per heavy atom. The van der Waals surface area contributed by atoms with Crippen LogP contribution in [0.4, 0.5) is 10.5 Å². The van der Waals surface area contributed by atoms with Gasteiger partial charge in [0.2, 0.25) is 0 Å². The Labute approximate surface area is 144 Å². The smallest absolute Gasteiger partial charge is 0.415 e. The van der Waals surface area contributed by atoms with Crippen molar-refractivity contribution in [2.75, 3.05) is 18.6 Å². The van der Waals surface area contributed by atoms with Crippen LogP contribution in [0.3, 0.4) is 0 Å². The lowest BCUT2D eigenvalue weighted by Gasteiger charge is -2.14. The molecule has 2 aromatic rings. The number of benzene rings is 1. The zero-order chi connectivity index (χ0) is 17.6. The molecule has 2 aliphatic heterocycles. The molecule has 2 unspecified atom stereocenters. The van der Waals surface area contributed by atoms with Crippen molar-refractivity contribution >= 4 is 17.7 Å². The first kappa shape index (κ1) is 15.6. The number of hydrogen-bond donors (Lipinski definition) is 2. The van der Waals surface area contributed by atoms with Crippen LogP contribution in [0.5, 0.6) is 0 Å². The molecule has 7 heteroatoms. The highest BCUT2D eigenvalue weighted by Crippen LogP contribution is 2.40. The van der Waals surface area contributed by atoms with Crippen LogP contribution in [0.2, 0.25) is 0 Å². The molecule has 1 aromatic heterocycles. The number of nitrogens with zero attached hydrogens (tertiary/aromatic N) is 2. The van der Waals surface area contributed by atoms with Gasteiger partial charge in [0.05, 0.1) is 18.3 Å². The minimum absolute atomic E-state index is 0.156. The van der Waals surface area contributed by atoms with Crippen molar-refractivity contribution in [3.05, 3.63) is 47.8 Å². The van der Waals surface area contributed by atoms with E-state index >= 15 is 0 Å². The molecule has 1 saturated heterocycles.